The van der Waals surface area contributed by atoms with E-state index in [9.17, 15) is 0 Å². The van der Waals surface area contributed by atoms with Crippen molar-refractivity contribution in [3.8, 4) is 6.07 Å². The number of nitrogens with one attached hydrogen (secondary N) is 1. The molecule has 3 rings (SSSR count). The molecule has 1 unspecified atom stereocenters. The molecule has 0 radical (unpaired) electrons. The molecular weight excluding hydrogens is 312 g/mol. The number of hydrogen-bond donors (Lipinski definition) is 1. The molecule has 100 valence electrons. The Morgan fingerprint density at radius 1 is 1.15 bits per heavy atom. The van der Waals surface area contributed by atoms with Crippen molar-refractivity contribution in [1.29, 1.82) is 5.26 Å². The Balaban J connectivity index is 1.86. The lowest BCUT2D eigenvalue weighted by Gasteiger charge is -2.21. The summed E-state index contributed by atoms with van der Waals surface area (Å²) in [6, 6.07) is 18.7. The molecule has 1 N–H and O–H groups in total. The highest BCUT2D eigenvalue weighted by atomic mass is 79.9. The van der Waals surface area contributed by atoms with Crippen molar-refractivity contribution in [3.63, 3.8) is 0 Å². The van der Waals surface area contributed by atoms with E-state index in [1.165, 1.54) is 18.4 Å². The Morgan fingerprint density at radius 3 is 2.50 bits per heavy atom. The van der Waals surface area contributed by atoms with Gasteiger partial charge in [-0.2, -0.15) is 5.26 Å². The lowest BCUT2D eigenvalue weighted by molar-refractivity contribution is 0.678. The van der Waals surface area contributed by atoms with Crippen LogP contribution in [0.1, 0.15) is 30.0 Å². The molecule has 0 aliphatic heterocycles. The highest BCUT2D eigenvalue weighted by Crippen LogP contribution is 2.43. The van der Waals surface area contributed by atoms with Gasteiger partial charge < -0.3 is 5.32 Å². The van der Waals surface area contributed by atoms with Crippen molar-refractivity contribution >= 4 is 21.6 Å². The Hall–Kier alpha value is -1.79. The summed E-state index contributed by atoms with van der Waals surface area (Å²) < 4.78 is 0.943. The molecule has 1 atom stereocenters. The minimum Gasteiger partial charge on any atom is -0.377 e. The summed E-state index contributed by atoms with van der Waals surface area (Å²) >= 11 is 3.54. The predicted molar refractivity (Wildman–Crippen MR) is 84.4 cm³/mol. The first-order valence-electron chi connectivity index (χ1n) is 6.79. The highest BCUT2D eigenvalue weighted by molar-refractivity contribution is 9.10. The third-order valence-electron chi connectivity index (χ3n) is 3.66. The number of anilines is 1. The van der Waals surface area contributed by atoms with Crippen molar-refractivity contribution in [1.82, 2.24) is 0 Å². The van der Waals surface area contributed by atoms with E-state index in [0.717, 1.165) is 10.2 Å². The lowest BCUT2D eigenvalue weighted by atomic mass is 10.0. The third kappa shape index (κ3) is 2.86. The highest BCUT2D eigenvalue weighted by Gasteiger charge is 2.32. The topological polar surface area (TPSA) is 35.8 Å². The molecule has 2 aromatic carbocycles. The van der Waals surface area contributed by atoms with E-state index in [4.69, 9.17) is 5.26 Å². The number of rotatable bonds is 4. The Kier molecular flexibility index (Phi) is 3.75. The van der Waals surface area contributed by atoms with Crippen LogP contribution in [-0.4, -0.2) is 0 Å². The van der Waals surface area contributed by atoms with Gasteiger partial charge in [0.05, 0.1) is 17.7 Å². The fraction of sp³-hybridized carbons (Fsp3) is 0.235. The van der Waals surface area contributed by atoms with E-state index in [0.29, 0.717) is 17.5 Å². The molecule has 3 heteroatoms. The van der Waals surface area contributed by atoms with Gasteiger partial charge in [0.2, 0.25) is 0 Å². The van der Waals surface area contributed by atoms with Gasteiger partial charge in [0.25, 0.3) is 0 Å². The normalized spacial score (nSPS) is 15.4. The van der Waals surface area contributed by atoms with Crippen molar-refractivity contribution in [3.05, 3.63) is 64.1 Å². The predicted octanol–water partition coefficient (Wildman–Crippen LogP) is 4.88. The van der Waals surface area contributed by atoms with Crippen LogP contribution in [0.25, 0.3) is 0 Å². The monoisotopic (exact) mass is 326 g/mol. The minimum atomic E-state index is 0.348. The van der Waals surface area contributed by atoms with Crippen molar-refractivity contribution in [2.75, 3.05) is 5.32 Å². The van der Waals surface area contributed by atoms with Crippen LogP contribution in [0, 0.1) is 17.2 Å². The molecule has 2 nitrogen and oxygen atoms in total. The van der Waals surface area contributed by atoms with Crippen LogP contribution in [0.3, 0.4) is 0 Å². The van der Waals surface area contributed by atoms with Gasteiger partial charge in [0.1, 0.15) is 0 Å². The van der Waals surface area contributed by atoms with Crippen molar-refractivity contribution < 1.29 is 0 Å². The first kappa shape index (κ1) is 13.2. The molecule has 1 fully saturated rings. The molecule has 1 saturated carbocycles. The number of nitriles is 1. The van der Waals surface area contributed by atoms with Gasteiger partial charge in [-0.25, -0.2) is 0 Å². The van der Waals surface area contributed by atoms with Gasteiger partial charge in [-0.1, -0.05) is 30.3 Å². The molecule has 0 bridgehead atoms. The Morgan fingerprint density at radius 2 is 1.90 bits per heavy atom. The number of halogens is 1. The molecule has 0 spiro atoms. The van der Waals surface area contributed by atoms with Gasteiger partial charge in [-0.3, -0.25) is 0 Å². The van der Waals surface area contributed by atoms with E-state index in [1.807, 2.05) is 24.3 Å². The van der Waals surface area contributed by atoms with Gasteiger partial charge in [-0.15, -0.1) is 0 Å². The number of nitrogens with zero attached hydrogens (tertiary/aromatic N) is 1. The summed E-state index contributed by atoms with van der Waals surface area (Å²) in [4.78, 5) is 0. The van der Waals surface area contributed by atoms with Crippen LogP contribution in [0.15, 0.2) is 53.0 Å². The van der Waals surface area contributed by atoms with E-state index < -0.39 is 0 Å². The number of benzene rings is 2. The smallest absolute Gasteiger partial charge is 0.0992 e. The minimum absolute atomic E-state index is 0.348. The Bertz CT molecular complexity index is 642. The van der Waals surface area contributed by atoms with E-state index in [-0.39, 0.29) is 0 Å². The van der Waals surface area contributed by atoms with Crippen LogP contribution in [-0.2, 0) is 0 Å². The molecule has 0 heterocycles. The average Bonchev–Trinajstić information content (AvgIpc) is 3.31. The zero-order valence-electron chi connectivity index (χ0n) is 11.0. The maximum absolute atomic E-state index is 8.92. The summed E-state index contributed by atoms with van der Waals surface area (Å²) in [5, 5.41) is 12.5. The van der Waals surface area contributed by atoms with Gasteiger partial charge in [0.15, 0.2) is 0 Å². The second kappa shape index (κ2) is 5.68. The SMILES string of the molecule is N#Cc1ccc(NC(c2ccccc2)C2CC2)c(Br)c1. The lowest BCUT2D eigenvalue weighted by Crippen LogP contribution is -2.13. The number of hydrogen-bond acceptors (Lipinski definition) is 2. The van der Waals surface area contributed by atoms with Crippen LogP contribution in [0.5, 0.6) is 0 Å². The maximum Gasteiger partial charge on any atom is 0.0992 e. The first-order valence-corrected chi connectivity index (χ1v) is 7.58. The first-order chi connectivity index (χ1) is 9.78. The third-order valence-corrected chi connectivity index (χ3v) is 4.32. The molecule has 0 aromatic heterocycles. The summed E-state index contributed by atoms with van der Waals surface area (Å²) in [6.45, 7) is 0. The van der Waals surface area contributed by atoms with Crippen molar-refractivity contribution in [2.45, 2.75) is 18.9 Å². The van der Waals surface area contributed by atoms with Crippen molar-refractivity contribution in [2.24, 2.45) is 5.92 Å². The maximum atomic E-state index is 8.92. The second-order valence-electron chi connectivity index (χ2n) is 5.18. The van der Waals surface area contributed by atoms with Crippen LogP contribution in [0.4, 0.5) is 5.69 Å². The van der Waals surface area contributed by atoms with Crippen LogP contribution in [0.2, 0.25) is 0 Å². The zero-order chi connectivity index (χ0) is 13.9. The quantitative estimate of drug-likeness (QED) is 0.868. The summed E-state index contributed by atoms with van der Waals surface area (Å²) in [5.41, 5.74) is 3.04. The zero-order valence-corrected chi connectivity index (χ0v) is 12.6. The molecule has 1 aliphatic carbocycles. The standard InChI is InChI=1S/C17H15BrN2/c18-15-10-12(11-19)6-9-16(15)20-17(14-7-8-14)13-4-2-1-3-5-13/h1-6,9-10,14,17,20H,7-8H2. The molecule has 0 amide bonds. The summed E-state index contributed by atoms with van der Waals surface area (Å²) in [7, 11) is 0. The fourth-order valence-corrected chi connectivity index (χ4v) is 2.93. The molecular formula is C17H15BrN2. The van der Waals surface area contributed by atoms with E-state index in [1.54, 1.807) is 0 Å². The van der Waals surface area contributed by atoms with Crippen LogP contribution < -0.4 is 5.32 Å². The van der Waals surface area contributed by atoms with E-state index >= 15 is 0 Å². The fourth-order valence-electron chi connectivity index (χ4n) is 2.43. The molecule has 2 aromatic rings. The second-order valence-corrected chi connectivity index (χ2v) is 6.03. The molecule has 20 heavy (non-hydrogen) atoms. The van der Waals surface area contributed by atoms with Gasteiger partial charge in [0, 0.05) is 10.2 Å². The Labute approximate surface area is 127 Å². The van der Waals surface area contributed by atoms with Gasteiger partial charge >= 0.3 is 0 Å². The van der Waals surface area contributed by atoms with Gasteiger partial charge in [-0.05, 0) is 58.5 Å². The molecule has 1 aliphatic rings. The van der Waals surface area contributed by atoms with Crippen LogP contribution >= 0.6 is 15.9 Å². The molecule has 0 saturated heterocycles. The largest absolute Gasteiger partial charge is 0.377 e. The summed E-state index contributed by atoms with van der Waals surface area (Å²) in [6.07, 6.45) is 2.56. The average molecular weight is 327 g/mol. The summed E-state index contributed by atoms with van der Waals surface area (Å²) in [5.74, 6) is 0.708. The van der Waals surface area contributed by atoms with E-state index in [2.05, 4.69) is 51.6 Å².